The Bertz CT molecular complexity index is 628. The molecule has 0 fully saturated rings. The summed E-state index contributed by atoms with van der Waals surface area (Å²) in [6, 6.07) is 14.7. The summed E-state index contributed by atoms with van der Waals surface area (Å²) >= 11 is 2.19. The monoisotopic (exact) mass is 380 g/mol. The molecular formula is C16H13IO3. The molecule has 0 saturated heterocycles. The van der Waals surface area contributed by atoms with Crippen LogP contribution in [0.25, 0.3) is 11.6 Å². The maximum absolute atomic E-state index is 11.4. The van der Waals surface area contributed by atoms with Crippen LogP contribution in [0.3, 0.4) is 0 Å². The second-order valence-electron chi connectivity index (χ2n) is 4.14. The Labute approximate surface area is 131 Å². The first-order valence-electron chi connectivity index (χ1n) is 5.95. The van der Waals surface area contributed by atoms with E-state index in [4.69, 9.17) is 4.74 Å². The quantitative estimate of drug-likeness (QED) is 0.497. The lowest BCUT2D eigenvalue weighted by Crippen LogP contribution is -1.99. The van der Waals surface area contributed by atoms with Crippen LogP contribution in [0.5, 0.6) is 5.75 Å². The molecule has 0 atom stereocenters. The molecule has 0 saturated carbocycles. The van der Waals surface area contributed by atoms with Crippen molar-refractivity contribution in [2.45, 2.75) is 0 Å². The summed E-state index contributed by atoms with van der Waals surface area (Å²) in [7, 11) is 1.60. The average molecular weight is 380 g/mol. The molecule has 0 bridgehead atoms. The molecule has 102 valence electrons. The minimum atomic E-state index is -0.943. The van der Waals surface area contributed by atoms with Crippen molar-refractivity contribution in [3.63, 3.8) is 0 Å². The molecule has 20 heavy (non-hydrogen) atoms. The maximum Gasteiger partial charge on any atom is 0.336 e. The van der Waals surface area contributed by atoms with Gasteiger partial charge in [-0.15, -0.1) is 0 Å². The summed E-state index contributed by atoms with van der Waals surface area (Å²) < 4.78 is 6.15. The molecular weight excluding hydrogens is 367 g/mol. The number of halogens is 1. The van der Waals surface area contributed by atoms with Crippen LogP contribution in [-0.4, -0.2) is 18.2 Å². The zero-order valence-corrected chi connectivity index (χ0v) is 13.0. The van der Waals surface area contributed by atoms with Gasteiger partial charge >= 0.3 is 5.97 Å². The number of hydrogen-bond acceptors (Lipinski definition) is 2. The van der Waals surface area contributed by atoms with Crippen molar-refractivity contribution in [1.29, 1.82) is 0 Å². The molecule has 0 spiro atoms. The number of aliphatic carboxylic acids is 1. The number of ether oxygens (including phenoxy) is 1. The third-order valence-electron chi connectivity index (χ3n) is 2.81. The highest BCUT2D eigenvalue weighted by molar-refractivity contribution is 14.1. The van der Waals surface area contributed by atoms with Crippen molar-refractivity contribution in [2.24, 2.45) is 0 Å². The molecule has 3 nitrogen and oxygen atoms in total. The number of rotatable bonds is 4. The second-order valence-corrected chi connectivity index (χ2v) is 5.39. The van der Waals surface area contributed by atoms with Crippen LogP contribution in [0.1, 0.15) is 11.1 Å². The number of carbonyl (C=O) groups is 1. The van der Waals surface area contributed by atoms with Crippen molar-refractivity contribution >= 4 is 40.2 Å². The van der Waals surface area contributed by atoms with E-state index in [-0.39, 0.29) is 5.57 Å². The predicted octanol–water partition coefficient (Wildman–Crippen LogP) is 3.93. The number of carboxylic acid groups (broad SMARTS) is 1. The van der Waals surface area contributed by atoms with E-state index in [1.165, 1.54) is 0 Å². The molecule has 4 heteroatoms. The van der Waals surface area contributed by atoms with Gasteiger partial charge in [0.2, 0.25) is 0 Å². The first-order valence-corrected chi connectivity index (χ1v) is 7.03. The van der Waals surface area contributed by atoms with Gasteiger partial charge in [-0.05, 0) is 64.1 Å². The van der Waals surface area contributed by atoms with Crippen LogP contribution in [0.2, 0.25) is 0 Å². The van der Waals surface area contributed by atoms with Crippen LogP contribution >= 0.6 is 22.6 Å². The lowest BCUT2D eigenvalue weighted by molar-refractivity contribution is -0.130. The second kappa shape index (κ2) is 6.56. The predicted molar refractivity (Wildman–Crippen MR) is 87.7 cm³/mol. The van der Waals surface area contributed by atoms with E-state index in [2.05, 4.69) is 22.6 Å². The van der Waals surface area contributed by atoms with Gasteiger partial charge in [0.25, 0.3) is 0 Å². The summed E-state index contributed by atoms with van der Waals surface area (Å²) in [6.45, 7) is 0. The van der Waals surface area contributed by atoms with Gasteiger partial charge in [-0.1, -0.05) is 24.3 Å². The largest absolute Gasteiger partial charge is 0.497 e. The van der Waals surface area contributed by atoms with Crippen molar-refractivity contribution in [3.05, 3.63) is 63.2 Å². The average Bonchev–Trinajstić information content (AvgIpc) is 2.46. The first-order chi connectivity index (χ1) is 9.60. The fraction of sp³-hybridized carbons (Fsp3) is 0.0625. The topological polar surface area (TPSA) is 46.5 Å². The Balaban J connectivity index is 2.39. The van der Waals surface area contributed by atoms with E-state index in [9.17, 15) is 9.90 Å². The van der Waals surface area contributed by atoms with E-state index in [1.54, 1.807) is 25.3 Å². The lowest BCUT2D eigenvalue weighted by Gasteiger charge is -2.04. The molecule has 2 rings (SSSR count). The van der Waals surface area contributed by atoms with Gasteiger partial charge in [0.1, 0.15) is 5.75 Å². The van der Waals surface area contributed by atoms with Gasteiger partial charge in [-0.3, -0.25) is 0 Å². The van der Waals surface area contributed by atoms with E-state index in [0.29, 0.717) is 5.56 Å². The highest BCUT2D eigenvalue weighted by Crippen LogP contribution is 2.21. The molecule has 0 aliphatic heterocycles. The molecule has 2 aromatic carbocycles. The molecule has 0 unspecified atom stereocenters. The van der Waals surface area contributed by atoms with Crippen molar-refractivity contribution < 1.29 is 14.6 Å². The summed E-state index contributed by atoms with van der Waals surface area (Å²) in [5.74, 6) is -0.199. The summed E-state index contributed by atoms with van der Waals surface area (Å²) in [5.41, 5.74) is 1.78. The molecule has 0 aromatic heterocycles. The van der Waals surface area contributed by atoms with Gasteiger partial charge in [0.15, 0.2) is 0 Å². The van der Waals surface area contributed by atoms with Crippen LogP contribution in [-0.2, 0) is 4.79 Å². The third kappa shape index (κ3) is 3.60. The standard InChI is InChI=1S/C16H13IO3/c1-20-14-8-2-11(3-9-14)10-15(16(18)19)12-4-6-13(17)7-5-12/h2-10H,1H3,(H,18,19)/b15-10-. The normalized spacial score (nSPS) is 11.2. The fourth-order valence-corrected chi connectivity index (χ4v) is 2.12. The summed E-state index contributed by atoms with van der Waals surface area (Å²) in [6.07, 6.45) is 1.66. The van der Waals surface area contributed by atoms with Crippen molar-refractivity contribution in [1.82, 2.24) is 0 Å². The van der Waals surface area contributed by atoms with Gasteiger partial charge in [-0.2, -0.15) is 0 Å². The first kappa shape index (κ1) is 14.6. The highest BCUT2D eigenvalue weighted by Gasteiger charge is 2.10. The zero-order valence-electron chi connectivity index (χ0n) is 10.8. The molecule has 0 aliphatic carbocycles. The Morgan fingerprint density at radius 3 is 2.20 bits per heavy atom. The minimum Gasteiger partial charge on any atom is -0.497 e. The van der Waals surface area contributed by atoms with Crippen LogP contribution in [0.4, 0.5) is 0 Å². The smallest absolute Gasteiger partial charge is 0.336 e. The van der Waals surface area contributed by atoms with E-state index >= 15 is 0 Å². The van der Waals surface area contributed by atoms with Crippen molar-refractivity contribution in [3.8, 4) is 5.75 Å². The van der Waals surface area contributed by atoms with Gasteiger partial charge < -0.3 is 9.84 Å². The SMILES string of the molecule is COc1ccc(/C=C(\C(=O)O)c2ccc(I)cc2)cc1. The molecule has 1 N–H and O–H groups in total. The number of carboxylic acids is 1. The van der Waals surface area contributed by atoms with Gasteiger partial charge in [0.05, 0.1) is 12.7 Å². The lowest BCUT2D eigenvalue weighted by atomic mass is 10.0. The Hall–Kier alpha value is -1.82. The highest BCUT2D eigenvalue weighted by atomic mass is 127. The third-order valence-corrected chi connectivity index (χ3v) is 3.53. The summed E-state index contributed by atoms with van der Waals surface area (Å²) in [5, 5.41) is 9.36. The van der Waals surface area contributed by atoms with E-state index in [1.807, 2.05) is 36.4 Å². The molecule has 0 heterocycles. The van der Waals surface area contributed by atoms with E-state index < -0.39 is 5.97 Å². The number of hydrogen-bond donors (Lipinski definition) is 1. The zero-order chi connectivity index (χ0) is 14.5. The Morgan fingerprint density at radius 2 is 1.70 bits per heavy atom. The molecule has 2 aromatic rings. The maximum atomic E-state index is 11.4. The fourth-order valence-electron chi connectivity index (χ4n) is 1.76. The molecule has 0 radical (unpaired) electrons. The van der Waals surface area contributed by atoms with Crippen LogP contribution in [0, 0.1) is 3.57 Å². The summed E-state index contributed by atoms with van der Waals surface area (Å²) in [4.78, 5) is 11.4. The molecule has 0 amide bonds. The molecule has 0 aliphatic rings. The van der Waals surface area contributed by atoms with Gasteiger partial charge in [0, 0.05) is 3.57 Å². The van der Waals surface area contributed by atoms with Crippen LogP contribution < -0.4 is 4.74 Å². The number of benzene rings is 2. The minimum absolute atomic E-state index is 0.270. The Kier molecular flexibility index (Phi) is 4.79. The Morgan fingerprint density at radius 1 is 1.10 bits per heavy atom. The van der Waals surface area contributed by atoms with Crippen molar-refractivity contribution in [2.75, 3.05) is 7.11 Å². The van der Waals surface area contributed by atoms with E-state index in [0.717, 1.165) is 14.9 Å². The van der Waals surface area contributed by atoms with Gasteiger partial charge in [-0.25, -0.2) is 4.79 Å². The van der Waals surface area contributed by atoms with Crippen LogP contribution in [0.15, 0.2) is 48.5 Å². The number of methoxy groups -OCH3 is 1.